The van der Waals surface area contributed by atoms with Gasteiger partial charge in [0.05, 0.1) is 0 Å². The van der Waals surface area contributed by atoms with Gasteiger partial charge in [-0.3, -0.25) is 9.78 Å². The van der Waals surface area contributed by atoms with E-state index in [1.165, 1.54) is 0 Å². The summed E-state index contributed by atoms with van der Waals surface area (Å²) in [6.07, 6.45) is 1.81. The number of hydrogen-bond acceptors (Lipinski definition) is 4. The summed E-state index contributed by atoms with van der Waals surface area (Å²) in [7, 11) is 1.82. The van der Waals surface area contributed by atoms with Crippen LogP contribution in [-0.4, -0.2) is 30.1 Å². The van der Waals surface area contributed by atoms with Crippen molar-refractivity contribution < 1.29 is 5.11 Å². The van der Waals surface area contributed by atoms with Crippen LogP contribution in [-0.2, 0) is 13.7 Å². The standard InChI is InChI=1S/C7H9N5O/c1-12-3-2-5(11-12)7-8-6(4-13)9-10-7/h2-3,13H,4H2,1H3,(H,8,9,10). The molecular formula is C7H9N5O. The summed E-state index contributed by atoms with van der Waals surface area (Å²) >= 11 is 0. The fourth-order valence-electron chi connectivity index (χ4n) is 1.01. The van der Waals surface area contributed by atoms with E-state index in [4.69, 9.17) is 5.11 Å². The smallest absolute Gasteiger partial charge is 0.201 e. The molecule has 2 heterocycles. The first-order valence-electron chi connectivity index (χ1n) is 3.82. The summed E-state index contributed by atoms with van der Waals surface area (Å²) < 4.78 is 1.67. The van der Waals surface area contributed by atoms with Crippen molar-refractivity contribution in [3.63, 3.8) is 0 Å². The predicted octanol–water partition coefficient (Wildman–Crippen LogP) is -0.303. The number of rotatable bonds is 2. The average molecular weight is 179 g/mol. The molecule has 0 atom stereocenters. The van der Waals surface area contributed by atoms with E-state index in [0.29, 0.717) is 17.3 Å². The van der Waals surface area contributed by atoms with Crippen molar-refractivity contribution >= 4 is 0 Å². The Morgan fingerprint density at radius 3 is 3.00 bits per heavy atom. The number of nitrogens with one attached hydrogen (secondary N) is 1. The van der Waals surface area contributed by atoms with Gasteiger partial charge in [-0.15, -0.1) is 0 Å². The molecule has 0 aliphatic carbocycles. The monoisotopic (exact) mass is 179 g/mol. The van der Waals surface area contributed by atoms with Crippen LogP contribution in [0.1, 0.15) is 5.82 Å². The molecule has 0 spiro atoms. The van der Waals surface area contributed by atoms with Gasteiger partial charge in [-0.25, -0.2) is 4.98 Å². The Morgan fingerprint density at radius 1 is 1.62 bits per heavy atom. The lowest BCUT2D eigenvalue weighted by Crippen LogP contribution is -1.89. The molecular weight excluding hydrogens is 170 g/mol. The summed E-state index contributed by atoms with van der Waals surface area (Å²) in [6, 6.07) is 1.81. The largest absolute Gasteiger partial charge is 0.388 e. The van der Waals surface area contributed by atoms with Crippen molar-refractivity contribution in [1.29, 1.82) is 0 Å². The second-order valence-corrected chi connectivity index (χ2v) is 2.64. The number of aryl methyl sites for hydroxylation is 1. The number of nitrogens with zero attached hydrogens (tertiary/aromatic N) is 4. The molecule has 0 aliphatic heterocycles. The van der Waals surface area contributed by atoms with Crippen LogP contribution in [0.4, 0.5) is 0 Å². The van der Waals surface area contributed by atoms with Gasteiger partial charge in [0.1, 0.15) is 12.3 Å². The summed E-state index contributed by atoms with van der Waals surface area (Å²) in [5.41, 5.74) is 0.693. The van der Waals surface area contributed by atoms with Gasteiger partial charge in [0.15, 0.2) is 5.82 Å². The molecule has 0 saturated heterocycles. The first kappa shape index (κ1) is 7.93. The molecule has 0 saturated carbocycles. The van der Waals surface area contributed by atoms with E-state index in [1.807, 2.05) is 19.3 Å². The SMILES string of the molecule is Cn1ccc(-c2n[nH]c(CO)n2)n1. The molecule has 2 aromatic heterocycles. The van der Waals surface area contributed by atoms with Crippen LogP contribution in [0, 0.1) is 0 Å². The first-order chi connectivity index (χ1) is 6.29. The van der Waals surface area contributed by atoms with Crippen LogP contribution in [0.3, 0.4) is 0 Å². The van der Waals surface area contributed by atoms with Gasteiger partial charge in [0, 0.05) is 13.2 Å². The molecule has 0 radical (unpaired) electrons. The second kappa shape index (κ2) is 2.98. The van der Waals surface area contributed by atoms with Crippen LogP contribution in [0.25, 0.3) is 11.5 Å². The minimum Gasteiger partial charge on any atom is -0.388 e. The van der Waals surface area contributed by atoms with Crippen LogP contribution in [0.5, 0.6) is 0 Å². The van der Waals surface area contributed by atoms with E-state index in [2.05, 4.69) is 20.3 Å². The quantitative estimate of drug-likeness (QED) is 0.663. The van der Waals surface area contributed by atoms with Crippen LogP contribution in [0.15, 0.2) is 12.3 Å². The van der Waals surface area contributed by atoms with Crippen molar-refractivity contribution in [2.45, 2.75) is 6.61 Å². The third-order valence-electron chi connectivity index (χ3n) is 1.62. The van der Waals surface area contributed by atoms with E-state index in [0.717, 1.165) is 0 Å². The van der Waals surface area contributed by atoms with Crippen molar-refractivity contribution in [2.75, 3.05) is 0 Å². The fourth-order valence-corrected chi connectivity index (χ4v) is 1.01. The Kier molecular flexibility index (Phi) is 1.82. The van der Waals surface area contributed by atoms with Gasteiger partial charge in [0.25, 0.3) is 0 Å². The van der Waals surface area contributed by atoms with Crippen LogP contribution < -0.4 is 0 Å². The van der Waals surface area contributed by atoms with E-state index in [9.17, 15) is 0 Å². The van der Waals surface area contributed by atoms with Gasteiger partial charge in [-0.1, -0.05) is 0 Å². The van der Waals surface area contributed by atoms with Gasteiger partial charge < -0.3 is 5.11 Å². The maximum atomic E-state index is 8.74. The zero-order valence-corrected chi connectivity index (χ0v) is 7.10. The average Bonchev–Trinajstić information content (AvgIpc) is 2.71. The number of H-pyrrole nitrogens is 1. The number of aromatic nitrogens is 5. The molecule has 13 heavy (non-hydrogen) atoms. The highest BCUT2D eigenvalue weighted by Crippen LogP contribution is 2.10. The van der Waals surface area contributed by atoms with Crippen molar-refractivity contribution in [2.24, 2.45) is 7.05 Å². The molecule has 0 bridgehead atoms. The van der Waals surface area contributed by atoms with Crippen molar-refractivity contribution in [1.82, 2.24) is 25.0 Å². The second-order valence-electron chi connectivity index (χ2n) is 2.64. The van der Waals surface area contributed by atoms with Gasteiger partial charge in [-0.05, 0) is 6.07 Å². The highest BCUT2D eigenvalue weighted by atomic mass is 16.3. The number of aliphatic hydroxyl groups excluding tert-OH is 1. The summed E-state index contributed by atoms with van der Waals surface area (Å²) in [5, 5.41) is 19.4. The molecule has 6 heteroatoms. The Balaban J connectivity index is 2.35. The Hall–Kier alpha value is -1.69. The summed E-state index contributed by atoms with van der Waals surface area (Å²) in [6.45, 7) is -0.139. The van der Waals surface area contributed by atoms with E-state index >= 15 is 0 Å². The van der Waals surface area contributed by atoms with Crippen LogP contribution >= 0.6 is 0 Å². The number of aromatic amines is 1. The minimum atomic E-state index is -0.139. The Labute approximate surface area is 74.2 Å². The molecule has 0 fully saturated rings. The molecule has 2 N–H and O–H groups in total. The Morgan fingerprint density at radius 2 is 2.46 bits per heavy atom. The van der Waals surface area contributed by atoms with Crippen molar-refractivity contribution in [3.05, 3.63) is 18.1 Å². The lowest BCUT2D eigenvalue weighted by molar-refractivity contribution is 0.272. The van der Waals surface area contributed by atoms with Crippen molar-refractivity contribution in [3.8, 4) is 11.5 Å². The zero-order chi connectivity index (χ0) is 9.26. The molecule has 2 aromatic rings. The maximum Gasteiger partial charge on any atom is 0.201 e. The third-order valence-corrected chi connectivity index (χ3v) is 1.62. The topological polar surface area (TPSA) is 79.6 Å². The molecule has 2 rings (SSSR count). The predicted molar refractivity (Wildman–Crippen MR) is 44.5 cm³/mol. The molecule has 0 amide bonds. The van der Waals surface area contributed by atoms with Crippen LogP contribution in [0.2, 0.25) is 0 Å². The first-order valence-corrected chi connectivity index (χ1v) is 3.82. The number of aliphatic hydroxyl groups is 1. The normalized spacial score (nSPS) is 10.6. The molecule has 0 unspecified atom stereocenters. The number of hydrogen-bond donors (Lipinski definition) is 2. The lowest BCUT2D eigenvalue weighted by Gasteiger charge is -1.85. The van der Waals surface area contributed by atoms with E-state index in [1.54, 1.807) is 4.68 Å². The molecule has 68 valence electrons. The van der Waals surface area contributed by atoms with Gasteiger partial charge >= 0.3 is 0 Å². The lowest BCUT2D eigenvalue weighted by atomic mass is 10.4. The highest BCUT2D eigenvalue weighted by molar-refractivity contribution is 5.46. The molecule has 0 aromatic carbocycles. The maximum absolute atomic E-state index is 8.74. The van der Waals surface area contributed by atoms with E-state index < -0.39 is 0 Å². The summed E-state index contributed by atoms with van der Waals surface area (Å²) in [4.78, 5) is 4.02. The van der Waals surface area contributed by atoms with Gasteiger partial charge in [-0.2, -0.15) is 10.2 Å². The zero-order valence-electron chi connectivity index (χ0n) is 7.10. The molecule has 0 aliphatic rings. The van der Waals surface area contributed by atoms with Gasteiger partial charge in [0.2, 0.25) is 5.82 Å². The Bertz CT molecular complexity index is 404. The highest BCUT2D eigenvalue weighted by Gasteiger charge is 2.06. The molecule has 6 nitrogen and oxygen atoms in total. The third kappa shape index (κ3) is 1.43. The minimum absolute atomic E-state index is 0.139. The fraction of sp³-hybridized carbons (Fsp3) is 0.286. The van der Waals surface area contributed by atoms with E-state index in [-0.39, 0.29) is 6.61 Å². The summed E-state index contributed by atoms with van der Waals surface area (Å²) in [5.74, 6) is 0.949.